The lowest BCUT2D eigenvalue weighted by atomic mass is 10.3. The van der Waals surface area contributed by atoms with Gasteiger partial charge in [-0.15, -0.1) is 11.8 Å². The molecule has 3 rings (SSSR count). The van der Waals surface area contributed by atoms with Crippen molar-refractivity contribution in [1.29, 1.82) is 0 Å². The van der Waals surface area contributed by atoms with Crippen LogP contribution in [-0.4, -0.2) is 22.3 Å². The fraction of sp³-hybridized carbons (Fsp3) is 0.333. The summed E-state index contributed by atoms with van der Waals surface area (Å²) in [5.41, 5.74) is 0.947. The van der Waals surface area contributed by atoms with Crippen molar-refractivity contribution in [2.45, 2.75) is 30.3 Å². The molecule has 1 saturated carbocycles. The van der Waals surface area contributed by atoms with Crippen LogP contribution in [-0.2, 0) is 6.54 Å². The van der Waals surface area contributed by atoms with Gasteiger partial charge in [0.2, 0.25) is 5.88 Å². The maximum absolute atomic E-state index is 5.78. The SMILES string of the molecule is CSc1ccccc1Oc1cnc(CNC2CC2)cn1. The molecule has 1 fully saturated rings. The highest BCUT2D eigenvalue weighted by Crippen LogP contribution is 2.30. The molecule has 1 aromatic heterocycles. The van der Waals surface area contributed by atoms with Gasteiger partial charge in [0.05, 0.1) is 18.1 Å². The van der Waals surface area contributed by atoms with Gasteiger partial charge in [0, 0.05) is 17.5 Å². The highest BCUT2D eigenvalue weighted by molar-refractivity contribution is 7.98. The first-order valence-electron chi connectivity index (χ1n) is 6.70. The second kappa shape index (κ2) is 6.24. The molecule has 1 heterocycles. The van der Waals surface area contributed by atoms with Crippen LogP contribution in [0.2, 0.25) is 0 Å². The predicted molar refractivity (Wildman–Crippen MR) is 80.2 cm³/mol. The second-order valence-electron chi connectivity index (χ2n) is 4.75. The van der Waals surface area contributed by atoms with Crippen LogP contribution in [0.4, 0.5) is 0 Å². The second-order valence-corrected chi connectivity index (χ2v) is 5.60. The molecule has 1 aliphatic rings. The average Bonchev–Trinajstić information content (AvgIpc) is 3.31. The van der Waals surface area contributed by atoms with Gasteiger partial charge >= 0.3 is 0 Å². The van der Waals surface area contributed by atoms with Gasteiger partial charge in [0.1, 0.15) is 5.75 Å². The number of nitrogens with zero attached hydrogens (tertiary/aromatic N) is 2. The zero-order chi connectivity index (χ0) is 13.8. The Labute approximate surface area is 123 Å². The minimum atomic E-state index is 0.529. The first-order valence-corrected chi connectivity index (χ1v) is 7.93. The van der Waals surface area contributed by atoms with E-state index in [9.17, 15) is 0 Å². The monoisotopic (exact) mass is 287 g/mol. The third kappa shape index (κ3) is 3.49. The van der Waals surface area contributed by atoms with Crippen LogP contribution in [0.5, 0.6) is 11.6 Å². The fourth-order valence-corrected chi connectivity index (χ4v) is 2.36. The average molecular weight is 287 g/mol. The Bertz CT molecular complexity index is 570. The van der Waals surface area contributed by atoms with Gasteiger partial charge < -0.3 is 10.1 Å². The number of hydrogen-bond acceptors (Lipinski definition) is 5. The number of nitrogens with one attached hydrogen (secondary N) is 1. The van der Waals surface area contributed by atoms with Crippen LogP contribution in [0.3, 0.4) is 0 Å². The number of hydrogen-bond donors (Lipinski definition) is 1. The standard InChI is InChI=1S/C15H17N3OS/c1-20-14-5-3-2-4-13(14)19-15-10-17-12(9-18-15)8-16-11-6-7-11/h2-5,9-11,16H,6-8H2,1H3. The first kappa shape index (κ1) is 13.4. The number of ether oxygens (including phenoxy) is 1. The van der Waals surface area contributed by atoms with Gasteiger partial charge in [-0.3, -0.25) is 4.98 Å². The molecular weight excluding hydrogens is 270 g/mol. The number of benzene rings is 1. The summed E-state index contributed by atoms with van der Waals surface area (Å²) in [6.07, 6.45) is 8.04. The topological polar surface area (TPSA) is 47.0 Å². The molecular formula is C15H17N3OS. The van der Waals surface area contributed by atoms with Gasteiger partial charge in [-0.2, -0.15) is 0 Å². The third-order valence-electron chi connectivity index (χ3n) is 3.11. The Balaban J connectivity index is 1.64. The van der Waals surface area contributed by atoms with Crippen LogP contribution < -0.4 is 10.1 Å². The van der Waals surface area contributed by atoms with Crippen LogP contribution >= 0.6 is 11.8 Å². The van der Waals surface area contributed by atoms with Crippen molar-refractivity contribution in [1.82, 2.24) is 15.3 Å². The van der Waals surface area contributed by atoms with E-state index >= 15 is 0 Å². The van der Waals surface area contributed by atoms with E-state index in [1.54, 1.807) is 24.2 Å². The van der Waals surface area contributed by atoms with E-state index in [-0.39, 0.29) is 0 Å². The highest BCUT2D eigenvalue weighted by Gasteiger charge is 2.20. The van der Waals surface area contributed by atoms with E-state index in [1.165, 1.54) is 12.8 Å². The molecule has 0 atom stereocenters. The Morgan fingerprint density at radius 2 is 2.10 bits per heavy atom. The molecule has 2 aromatic rings. The van der Waals surface area contributed by atoms with Crippen LogP contribution in [0.1, 0.15) is 18.5 Å². The molecule has 4 nitrogen and oxygen atoms in total. The highest BCUT2D eigenvalue weighted by atomic mass is 32.2. The normalized spacial score (nSPS) is 14.2. The predicted octanol–water partition coefficient (Wildman–Crippen LogP) is 3.24. The number of rotatable bonds is 6. The lowest BCUT2D eigenvalue weighted by molar-refractivity contribution is 0.448. The molecule has 104 valence electrons. The fourth-order valence-electron chi connectivity index (χ4n) is 1.84. The van der Waals surface area contributed by atoms with Crippen molar-refractivity contribution in [2.24, 2.45) is 0 Å². The Morgan fingerprint density at radius 3 is 2.80 bits per heavy atom. The molecule has 0 bridgehead atoms. The summed E-state index contributed by atoms with van der Waals surface area (Å²) >= 11 is 1.65. The van der Waals surface area contributed by atoms with Gasteiger partial charge in [-0.25, -0.2) is 4.98 Å². The number of aromatic nitrogens is 2. The summed E-state index contributed by atoms with van der Waals surface area (Å²) in [4.78, 5) is 9.78. The molecule has 1 aromatic carbocycles. The molecule has 0 aliphatic heterocycles. The van der Waals surface area contributed by atoms with E-state index in [0.29, 0.717) is 11.9 Å². The smallest absolute Gasteiger partial charge is 0.237 e. The van der Waals surface area contributed by atoms with Gasteiger partial charge in [0.25, 0.3) is 0 Å². The van der Waals surface area contributed by atoms with E-state index in [2.05, 4.69) is 15.3 Å². The summed E-state index contributed by atoms with van der Waals surface area (Å²) in [7, 11) is 0. The molecule has 0 amide bonds. The molecule has 5 heteroatoms. The van der Waals surface area contributed by atoms with Gasteiger partial charge in [-0.05, 0) is 31.2 Å². The molecule has 0 radical (unpaired) electrons. The van der Waals surface area contributed by atoms with Crippen molar-refractivity contribution in [3.05, 3.63) is 42.4 Å². The van der Waals surface area contributed by atoms with Crippen molar-refractivity contribution in [2.75, 3.05) is 6.26 Å². The zero-order valence-electron chi connectivity index (χ0n) is 11.4. The first-order chi connectivity index (χ1) is 9.85. The van der Waals surface area contributed by atoms with Crippen molar-refractivity contribution in [3.8, 4) is 11.6 Å². The minimum Gasteiger partial charge on any atom is -0.436 e. The Hall–Kier alpha value is -1.59. The van der Waals surface area contributed by atoms with E-state index < -0.39 is 0 Å². The molecule has 0 spiro atoms. The van der Waals surface area contributed by atoms with E-state index in [1.807, 2.05) is 30.5 Å². The van der Waals surface area contributed by atoms with Crippen molar-refractivity contribution >= 4 is 11.8 Å². The molecule has 0 saturated heterocycles. The zero-order valence-corrected chi connectivity index (χ0v) is 12.2. The number of para-hydroxylation sites is 1. The number of thioether (sulfide) groups is 1. The minimum absolute atomic E-state index is 0.529. The van der Waals surface area contributed by atoms with Gasteiger partial charge in [-0.1, -0.05) is 12.1 Å². The summed E-state index contributed by atoms with van der Waals surface area (Å²) < 4.78 is 5.78. The summed E-state index contributed by atoms with van der Waals surface area (Å²) in [6, 6.07) is 8.60. The Morgan fingerprint density at radius 1 is 1.25 bits per heavy atom. The Kier molecular flexibility index (Phi) is 4.18. The van der Waals surface area contributed by atoms with Crippen LogP contribution in [0.25, 0.3) is 0 Å². The quantitative estimate of drug-likeness (QED) is 0.826. The third-order valence-corrected chi connectivity index (χ3v) is 3.89. The molecule has 20 heavy (non-hydrogen) atoms. The summed E-state index contributed by atoms with van der Waals surface area (Å²) in [6.45, 7) is 0.777. The van der Waals surface area contributed by atoms with E-state index in [4.69, 9.17) is 4.74 Å². The van der Waals surface area contributed by atoms with Crippen molar-refractivity contribution in [3.63, 3.8) is 0 Å². The van der Waals surface area contributed by atoms with Crippen molar-refractivity contribution < 1.29 is 4.74 Å². The lowest BCUT2D eigenvalue weighted by Crippen LogP contribution is -2.16. The summed E-state index contributed by atoms with van der Waals surface area (Å²) in [5.74, 6) is 1.35. The molecule has 0 unspecified atom stereocenters. The van der Waals surface area contributed by atoms with Gasteiger partial charge in [0.15, 0.2) is 0 Å². The largest absolute Gasteiger partial charge is 0.436 e. The summed E-state index contributed by atoms with van der Waals surface area (Å²) in [5, 5.41) is 3.41. The lowest BCUT2D eigenvalue weighted by Gasteiger charge is -2.08. The molecule has 1 N–H and O–H groups in total. The molecule has 1 aliphatic carbocycles. The van der Waals surface area contributed by atoms with E-state index in [0.717, 1.165) is 22.9 Å². The maximum atomic E-state index is 5.78. The van der Waals surface area contributed by atoms with Crippen LogP contribution in [0, 0.1) is 0 Å². The van der Waals surface area contributed by atoms with Crippen LogP contribution in [0.15, 0.2) is 41.6 Å². The maximum Gasteiger partial charge on any atom is 0.237 e.